The van der Waals surface area contributed by atoms with Crippen LogP contribution >= 0.6 is 0 Å². The van der Waals surface area contributed by atoms with E-state index in [4.69, 9.17) is 4.74 Å². The smallest absolute Gasteiger partial charge is 0.276 e. The molecule has 1 N–H and O–H groups in total. The third-order valence-corrected chi connectivity index (χ3v) is 4.28. The number of benzene rings is 2. The van der Waals surface area contributed by atoms with Gasteiger partial charge in [0.15, 0.2) is 0 Å². The number of sulfonamides is 1. The maximum Gasteiger partial charge on any atom is 0.276 e. The highest BCUT2D eigenvalue weighted by Gasteiger charge is 2.16. The lowest BCUT2D eigenvalue weighted by Gasteiger charge is -2.05. The van der Waals surface area contributed by atoms with Crippen molar-refractivity contribution in [3.63, 3.8) is 0 Å². The predicted octanol–water partition coefficient (Wildman–Crippen LogP) is 2.70. The highest BCUT2D eigenvalue weighted by Crippen LogP contribution is 2.17. The molecule has 2 aromatic carbocycles. The molecule has 0 radical (unpaired) electrons. The van der Waals surface area contributed by atoms with Crippen molar-refractivity contribution in [3.05, 3.63) is 64.2 Å². The molecule has 2 rings (SSSR count). The van der Waals surface area contributed by atoms with Crippen molar-refractivity contribution >= 4 is 21.9 Å². The van der Waals surface area contributed by atoms with Gasteiger partial charge in [0.1, 0.15) is 5.75 Å². The molecule has 9 heteroatoms. The molecule has 0 aliphatic heterocycles. The lowest BCUT2D eigenvalue weighted by atomic mass is 10.2. The monoisotopic (exact) mass is 363 g/mol. The van der Waals surface area contributed by atoms with Crippen LogP contribution in [0.5, 0.6) is 5.75 Å². The first-order valence-corrected chi connectivity index (χ1v) is 8.93. The molecule has 0 amide bonds. The number of nitrogens with zero attached hydrogens (tertiary/aromatic N) is 2. The molecule has 2 aromatic rings. The molecule has 8 nitrogen and oxygen atoms in total. The predicted molar refractivity (Wildman–Crippen MR) is 93.2 cm³/mol. The first-order chi connectivity index (χ1) is 11.9. The summed E-state index contributed by atoms with van der Waals surface area (Å²) < 4.78 is 29.8. The van der Waals surface area contributed by atoms with E-state index in [9.17, 15) is 18.5 Å². The number of nitro groups is 1. The van der Waals surface area contributed by atoms with E-state index in [2.05, 4.69) is 5.10 Å². The van der Waals surface area contributed by atoms with Crippen molar-refractivity contribution < 1.29 is 18.1 Å². The van der Waals surface area contributed by atoms with Gasteiger partial charge in [-0.25, -0.2) is 4.83 Å². The van der Waals surface area contributed by atoms with Gasteiger partial charge in [0, 0.05) is 12.1 Å². The summed E-state index contributed by atoms with van der Waals surface area (Å²) in [5.74, 6) is 0.660. The molecule has 0 unspecified atom stereocenters. The minimum atomic E-state index is -3.99. The number of nitro benzene ring substituents is 1. The summed E-state index contributed by atoms with van der Waals surface area (Å²) in [5.41, 5.74) is 0.336. The highest BCUT2D eigenvalue weighted by atomic mass is 32.2. The van der Waals surface area contributed by atoms with Gasteiger partial charge in [-0.3, -0.25) is 10.1 Å². The number of ether oxygens (including phenoxy) is 1. The van der Waals surface area contributed by atoms with Gasteiger partial charge < -0.3 is 4.74 Å². The van der Waals surface area contributed by atoms with Crippen LogP contribution < -0.4 is 9.57 Å². The maximum atomic E-state index is 12.1. The summed E-state index contributed by atoms with van der Waals surface area (Å²) in [5, 5.41) is 14.4. The zero-order valence-corrected chi connectivity index (χ0v) is 14.3. The van der Waals surface area contributed by atoms with Gasteiger partial charge in [0.2, 0.25) is 0 Å². The second-order valence-electron chi connectivity index (χ2n) is 5.03. The van der Waals surface area contributed by atoms with Crippen molar-refractivity contribution in [1.29, 1.82) is 0 Å². The maximum absolute atomic E-state index is 12.1. The van der Waals surface area contributed by atoms with Gasteiger partial charge in [-0.05, 0) is 30.2 Å². The van der Waals surface area contributed by atoms with Gasteiger partial charge in [-0.2, -0.15) is 13.5 Å². The summed E-state index contributed by atoms with van der Waals surface area (Å²) in [6.07, 6.45) is 2.20. The van der Waals surface area contributed by atoms with Crippen LogP contribution in [-0.2, 0) is 10.0 Å². The topological polar surface area (TPSA) is 111 Å². The van der Waals surface area contributed by atoms with Crippen LogP contribution in [0.2, 0.25) is 0 Å². The van der Waals surface area contributed by atoms with E-state index in [1.807, 2.05) is 11.8 Å². The zero-order chi connectivity index (χ0) is 18.3. The number of rotatable bonds is 8. The number of hydrogen-bond acceptors (Lipinski definition) is 6. The Morgan fingerprint density at radius 2 is 2.00 bits per heavy atom. The van der Waals surface area contributed by atoms with E-state index in [-0.39, 0.29) is 10.6 Å². The van der Waals surface area contributed by atoms with Crippen LogP contribution in [0.4, 0.5) is 5.69 Å². The molecule has 132 valence electrons. The first kappa shape index (κ1) is 18.4. The van der Waals surface area contributed by atoms with E-state index in [0.29, 0.717) is 17.9 Å². The molecule has 0 saturated carbocycles. The fourth-order valence-electron chi connectivity index (χ4n) is 1.89. The van der Waals surface area contributed by atoms with Crippen LogP contribution in [0.25, 0.3) is 0 Å². The number of hydrogen-bond donors (Lipinski definition) is 1. The van der Waals surface area contributed by atoms with Crippen molar-refractivity contribution in [2.45, 2.75) is 18.2 Å². The van der Waals surface area contributed by atoms with Gasteiger partial charge in [0.25, 0.3) is 15.7 Å². The Hall–Kier alpha value is -2.94. The standard InChI is InChI=1S/C16H17N3O5S/c1-2-9-24-15-7-3-5-13(10-15)12-17-18-25(22,23)16-8-4-6-14(11-16)19(20)21/h3-8,10-12,18H,2,9H2,1H3/b17-12+. The molecule has 0 saturated heterocycles. The number of hydrazone groups is 1. The molecular weight excluding hydrogens is 346 g/mol. The molecule has 0 fully saturated rings. The van der Waals surface area contributed by atoms with E-state index in [1.165, 1.54) is 24.4 Å². The Labute approximate surface area is 145 Å². The third kappa shape index (κ3) is 5.28. The van der Waals surface area contributed by atoms with E-state index >= 15 is 0 Å². The van der Waals surface area contributed by atoms with Gasteiger partial charge in [-0.15, -0.1) is 0 Å². The molecule has 0 aromatic heterocycles. The van der Waals surface area contributed by atoms with Crippen molar-refractivity contribution in [3.8, 4) is 5.75 Å². The first-order valence-electron chi connectivity index (χ1n) is 7.44. The van der Waals surface area contributed by atoms with Crippen LogP contribution in [0.15, 0.2) is 58.5 Å². The Bertz CT molecular complexity index is 881. The van der Waals surface area contributed by atoms with E-state index in [0.717, 1.165) is 12.5 Å². The van der Waals surface area contributed by atoms with Crippen LogP contribution in [-0.4, -0.2) is 26.2 Å². The zero-order valence-electron chi connectivity index (χ0n) is 13.5. The number of nitrogens with one attached hydrogen (secondary N) is 1. The Kier molecular flexibility index (Phi) is 6.07. The summed E-state index contributed by atoms with van der Waals surface area (Å²) in [6.45, 7) is 2.58. The van der Waals surface area contributed by atoms with Crippen LogP contribution in [0, 0.1) is 10.1 Å². The van der Waals surface area contributed by atoms with Crippen LogP contribution in [0.1, 0.15) is 18.9 Å². The minimum Gasteiger partial charge on any atom is -0.494 e. The molecule has 0 spiro atoms. The summed E-state index contributed by atoms with van der Waals surface area (Å²) in [4.78, 5) is 11.9. The molecule has 0 heterocycles. The quantitative estimate of drug-likeness (QED) is 0.440. The summed E-state index contributed by atoms with van der Waals surface area (Å²) in [6, 6.07) is 11.8. The van der Waals surface area contributed by atoms with Crippen molar-refractivity contribution in [2.24, 2.45) is 5.10 Å². The molecule has 25 heavy (non-hydrogen) atoms. The van der Waals surface area contributed by atoms with Crippen molar-refractivity contribution in [1.82, 2.24) is 4.83 Å². The summed E-state index contributed by atoms with van der Waals surface area (Å²) in [7, 11) is -3.99. The highest BCUT2D eigenvalue weighted by molar-refractivity contribution is 7.89. The number of non-ortho nitro benzene ring substituents is 1. The van der Waals surface area contributed by atoms with E-state index in [1.54, 1.807) is 24.3 Å². The van der Waals surface area contributed by atoms with Gasteiger partial charge in [0.05, 0.1) is 22.6 Å². The normalized spacial score (nSPS) is 11.4. The lowest BCUT2D eigenvalue weighted by molar-refractivity contribution is -0.385. The Morgan fingerprint density at radius 1 is 1.24 bits per heavy atom. The second-order valence-corrected chi connectivity index (χ2v) is 6.69. The van der Waals surface area contributed by atoms with Crippen molar-refractivity contribution in [2.75, 3.05) is 6.61 Å². The average molecular weight is 363 g/mol. The third-order valence-electron chi connectivity index (χ3n) is 3.06. The van der Waals surface area contributed by atoms with E-state index < -0.39 is 14.9 Å². The Morgan fingerprint density at radius 3 is 2.72 bits per heavy atom. The average Bonchev–Trinajstić information content (AvgIpc) is 2.60. The second kappa shape index (κ2) is 8.25. The largest absolute Gasteiger partial charge is 0.494 e. The van der Waals surface area contributed by atoms with Crippen LogP contribution in [0.3, 0.4) is 0 Å². The fraction of sp³-hybridized carbons (Fsp3) is 0.188. The van der Waals surface area contributed by atoms with Gasteiger partial charge >= 0.3 is 0 Å². The molecule has 0 aliphatic rings. The molecule has 0 atom stereocenters. The fourth-order valence-corrected chi connectivity index (χ4v) is 2.72. The SMILES string of the molecule is CCCOc1cccc(/C=N/NS(=O)(=O)c2cccc([N+](=O)[O-])c2)c1. The molecule has 0 aliphatic carbocycles. The summed E-state index contributed by atoms with van der Waals surface area (Å²) >= 11 is 0. The molecular formula is C16H17N3O5S. The molecule has 0 bridgehead atoms. The minimum absolute atomic E-state index is 0.237. The Balaban J connectivity index is 2.10. The van der Waals surface area contributed by atoms with Gasteiger partial charge in [-0.1, -0.05) is 25.1 Å². The lowest BCUT2D eigenvalue weighted by Crippen LogP contribution is -2.18.